The number of nitrogens with zero attached hydrogens (tertiary/aromatic N) is 5. The van der Waals surface area contributed by atoms with Crippen molar-refractivity contribution in [2.45, 2.75) is 19.3 Å². The van der Waals surface area contributed by atoms with Gasteiger partial charge in [0.05, 0.1) is 12.8 Å². The first-order valence-corrected chi connectivity index (χ1v) is 11.7. The van der Waals surface area contributed by atoms with Gasteiger partial charge in [-0.2, -0.15) is 0 Å². The molecule has 0 saturated carbocycles. The highest BCUT2D eigenvalue weighted by Crippen LogP contribution is 2.24. The van der Waals surface area contributed by atoms with Gasteiger partial charge in [-0.15, -0.1) is 11.3 Å². The lowest BCUT2D eigenvalue weighted by Gasteiger charge is -2.37. The number of piperazine rings is 1. The number of hydrogen-bond acceptors (Lipinski definition) is 6. The molecule has 162 valence electrons. The van der Waals surface area contributed by atoms with Crippen LogP contribution in [-0.2, 0) is 6.42 Å². The van der Waals surface area contributed by atoms with E-state index in [1.807, 2.05) is 19.2 Å². The molecule has 2 aromatic rings. The summed E-state index contributed by atoms with van der Waals surface area (Å²) in [6, 6.07) is 8.31. The van der Waals surface area contributed by atoms with Gasteiger partial charge in [-0.25, -0.2) is 4.98 Å². The van der Waals surface area contributed by atoms with E-state index in [9.17, 15) is 0 Å². The normalized spacial score (nSPS) is 17.5. The van der Waals surface area contributed by atoms with Crippen molar-refractivity contribution in [2.75, 3.05) is 69.8 Å². The van der Waals surface area contributed by atoms with Gasteiger partial charge in [0, 0.05) is 70.3 Å². The summed E-state index contributed by atoms with van der Waals surface area (Å²) in [5.74, 6) is 1.88. The highest BCUT2D eigenvalue weighted by Gasteiger charge is 2.20. The monoisotopic (exact) mass is 428 g/mol. The summed E-state index contributed by atoms with van der Waals surface area (Å²) in [5, 5.41) is 6.91. The zero-order chi connectivity index (χ0) is 20.8. The minimum atomic E-state index is 0.856. The molecule has 3 heterocycles. The number of nitrogens with one attached hydrogen (secondary N) is 1. The Labute approximate surface area is 183 Å². The van der Waals surface area contributed by atoms with Crippen molar-refractivity contribution in [3.05, 3.63) is 35.3 Å². The molecule has 0 amide bonds. The van der Waals surface area contributed by atoms with E-state index in [1.54, 1.807) is 18.4 Å². The molecular weight excluding hydrogens is 396 g/mol. The van der Waals surface area contributed by atoms with Crippen molar-refractivity contribution in [1.82, 2.24) is 15.2 Å². The predicted octanol–water partition coefficient (Wildman–Crippen LogP) is 2.69. The number of hydrogen-bond donors (Lipinski definition) is 1. The molecule has 2 saturated heterocycles. The summed E-state index contributed by atoms with van der Waals surface area (Å²) in [6.45, 7) is 7.05. The predicted molar refractivity (Wildman–Crippen MR) is 125 cm³/mol. The van der Waals surface area contributed by atoms with E-state index in [0.29, 0.717) is 0 Å². The van der Waals surface area contributed by atoms with Crippen molar-refractivity contribution in [2.24, 2.45) is 4.99 Å². The Kier molecular flexibility index (Phi) is 6.94. The van der Waals surface area contributed by atoms with Crippen LogP contribution in [0.5, 0.6) is 5.75 Å². The van der Waals surface area contributed by atoms with Crippen LogP contribution in [0.25, 0.3) is 0 Å². The standard InChI is InChI=1S/C22H32N6OS/c1-23-21(24-10-9-18-17-30-22(25-18)28-11-3-4-12-28)27-15-13-26(14-16-27)19-5-7-20(29-2)8-6-19/h5-8,17H,3-4,9-16H2,1-2H3,(H,23,24). The molecule has 2 aliphatic rings. The van der Waals surface area contributed by atoms with Gasteiger partial charge >= 0.3 is 0 Å². The minimum absolute atomic E-state index is 0.856. The fraction of sp³-hybridized carbons (Fsp3) is 0.545. The molecule has 0 bridgehead atoms. The first-order chi connectivity index (χ1) is 14.8. The van der Waals surface area contributed by atoms with Crippen LogP contribution >= 0.6 is 11.3 Å². The largest absolute Gasteiger partial charge is 0.497 e. The van der Waals surface area contributed by atoms with Gasteiger partial charge in [0.15, 0.2) is 11.1 Å². The molecule has 1 aromatic carbocycles. The number of benzene rings is 1. The van der Waals surface area contributed by atoms with Crippen molar-refractivity contribution in [1.29, 1.82) is 0 Å². The van der Waals surface area contributed by atoms with E-state index in [2.05, 4.69) is 42.5 Å². The van der Waals surface area contributed by atoms with Crippen LogP contribution in [0.1, 0.15) is 18.5 Å². The molecule has 0 unspecified atom stereocenters. The summed E-state index contributed by atoms with van der Waals surface area (Å²) < 4.78 is 5.26. The van der Waals surface area contributed by atoms with Crippen LogP contribution in [0.15, 0.2) is 34.6 Å². The molecule has 1 aromatic heterocycles. The Bertz CT molecular complexity index is 822. The van der Waals surface area contributed by atoms with Gasteiger partial charge in [-0.05, 0) is 37.1 Å². The maximum atomic E-state index is 5.26. The van der Waals surface area contributed by atoms with Gasteiger partial charge in [0.2, 0.25) is 0 Å². The Morgan fingerprint density at radius 3 is 2.47 bits per heavy atom. The number of aromatic nitrogens is 1. The second kappa shape index (κ2) is 10.0. The number of thiazole rings is 1. The average Bonchev–Trinajstić information content (AvgIpc) is 3.49. The van der Waals surface area contributed by atoms with Crippen molar-refractivity contribution in [3.63, 3.8) is 0 Å². The fourth-order valence-corrected chi connectivity index (χ4v) is 4.98. The zero-order valence-corrected chi connectivity index (χ0v) is 18.8. The summed E-state index contributed by atoms with van der Waals surface area (Å²) in [4.78, 5) is 16.5. The summed E-state index contributed by atoms with van der Waals surface area (Å²) >= 11 is 1.77. The number of anilines is 2. The van der Waals surface area contributed by atoms with Crippen LogP contribution in [0, 0.1) is 0 Å². The van der Waals surface area contributed by atoms with Crippen molar-refractivity contribution >= 4 is 28.1 Å². The zero-order valence-electron chi connectivity index (χ0n) is 18.0. The van der Waals surface area contributed by atoms with E-state index >= 15 is 0 Å². The third-order valence-electron chi connectivity index (χ3n) is 5.81. The van der Waals surface area contributed by atoms with Crippen LogP contribution in [0.4, 0.5) is 10.8 Å². The first kappa shape index (κ1) is 20.8. The molecule has 1 N–H and O–H groups in total. The van der Waals surface area contributed by atoms with E-state index < -0.39 is 0 Å². The van der Waals surface area contributed by atoms with Crippen LogP contribution in [0.3, 0.4) is 0 Å². The summed E-state index contributed by atoms with van der Waals surface area (Å²) in [6.07, 6.45) is 3.51. The van der Waals surface area contributed by atoms with Gasteiger partial charge in [-0.3, -0.25) is 4.99 Å². The molecule has 0 aliphatic carbocycles. The molecule has 0 atom stereocenters. The molecule has 0 radical (unpaired) electrons. The van der Waals surface area contributed by atoms with E-state index in [0.717, 1.165) is 63.9 Å². The third kappa shape index (κ3) is 4.98. The molecule has 2 fully saturated rings. The second-order valence-electron chi connectivity index (χ2n) is 7.71. The maximum absolute atomic E-state index is 5.26. The van der Waals surface area contributed by atoms with Gasteiger partial charge in [-0.1, -0.05) is 0 Å². The van der Waals surface area contributed by atoms with Gasteiger partial charge in [0.1, 0.15) is 5.75 Å². The highest BCUT2D eigenvalue weighted by atomic mass is 32.1. The number of ether oxygens (including phenoxy) is 1. The van der Waals surface area contributed by atoms with Gasteiger partial charge < -0.3 is 24.8 Å². The number of methoxy groups -OCH3 is 1. The van der Waals surface area contributed by atoms with E-state index in [1.165, 1.54) is 29.4 Å². The Balaban J connectivity index is 1.23. The first-order valence-electron chi connectivity index (χ1n) is 10.8. The average molecular weight is 429 g/mol. The molecule has 8 heteroatoms. The summed E-state index contributed by atoms with van der Waals surface area (Å²) in [5.41, 5.74) is 2.42. The Hall–Kier alpha value is -2.48. The Morgan fingerprint density at radius 1 is 1.07 bits per heavy atom. The Morgan fingerprint density at radius 2 is 1.80 bits per heavy atom. The highest BCUT2D eigenvalue weighted by molar-refractivity contribution is 7.13. The van der Waals surface area contributed by atoms with Crippen LogP contribution in [-0.4, -0.2) is 75.8 Å². The smallest absolute Gasteiger partial charge is 0.193 e. The lowest BCUT2D eigenvalue weighted by Crippen LogP contribution is -2.52. The lowest BCUT2D eigenvalue weighted by molar-refractivity contribution is 0.372. The van der Waals surface area contributed by atoms with E-state index in [4.69, 9.17) is 9.72 Å². The number of guanidine groups is 1. The lowest BCUT2D eigenvalue weighted by atomic mass is 10.2. The fourth-order valence-electron chi connectivity index (χ4n) is 4.07. The molecule has 7 nitrogen and oxygen atoms in total. The molecule has 2 aliphatic heterocycles. The van der Waals surface area contributed by atoms with Crippen molar-refractivity contribution < 1.29 is 4.74 Å². The van der Waals surface area contributed by atoms with E-state index in [-0.39, 0.29) is 0 Å². The summed E-state index contributed by atoms with van der Waals surface area (Å²) in [7, 11) is 3.57. The molecular formula is C22H32N6OS. The van der Waals surface area contributed by atoms with Crippen molar-refractivity contribution in [3.8, 4) is 5.75 Å². The SMILES string of the molecule is CN=C(NCCc1csc(N2CCCC2)n1)N1CCN(c2ccc(OC)cc2)CC1. The quantitative estimate of drug-likeness (QED) is 0.564. The van der Waals surface area contributed by atoms with Crippen LogP contribution in [0.2, 0.25) is 0 Å². The number of aliphatic imine (C=N–C) groups is 1. The maximum Gasteiger partial charge on any atom is 0.193 e. The molecule has 30 heavy (non-hydrogen) atoms. The number of rotatable bonds is 6. The molecule has 0 spiro atoms. The minimum Gasteiger partial charge on any atom is -0.497 e. The third-order valence-corrected chi connectivity index (χ3v) is 6.76. The molecule has 4 rings (SSSR count). The van der Waals surface area contributed by atoms with Crippen LogP contribution < -0.4 is 19.9 Å². The van der Waals surface area contributed by atoms with Gasteiger partial charge in [0.25, 0.3) is 0 Å². The second-order valence-corrected chi connectivity index (χ2v) is 8.55. The topological polar surface area (TPSA) is 56.2 Å².